The van der Waals surface area contributed by atoms with Gasteiger partial charge in [-0.3, -0.25) is 9.59 Å². The first-order valence-electron chi connectivity index (χ1n) is 5.60. The number of rotatable bonds is 3. The summed E-state index contributed by atoms with van der Waals surface area (Å²) in [5.74, 6) is -1.39. The molecule has 1 aliphatic rings. The molecule has 0 aromatic rings. The molecule has 0 radical (unpaired) electrons. The lowest BCUT2D eigenvalue weighted by atomic mass is 9.74. The molecule has 0 saturated heterocycles. The number of hydrogen-bond donors (Lipinski definition) is 2. The molecule has 0 spiro atoms. The third kappa shape index (κ3) is 2.95. The first-order chi connectivity index (χ1) is 7.34. The highest BCUT2D eigenvalue weighted by atomic mass is 16.4. The standard InChI is InChI=1S/C11H20N2O3/c1-11(12)6-4-3-5-8(11)10(16)13(2)7-9(14)15/h8H,3-7,12H2,1-2H3,(H,14,15). The minimum absolute atomic E-state index is 0.146. The van der Waals surface area contributed by atoms with Crippen molar-refractivity contribution in [2.24, 2.45) is 11.7 Å². The number of nitrogens with zero attached hydrogens (tertiary/aromatic N) is 1. The Morgan fingerprint density at radius 2 is 2.12 bits per heavy atom. The minimum atomic E-state index is -0.995. The van der Waals surface area contributed by atoms with Gasteiger partial charge in [0.25, 0.3) is 0 Å². The van der Waals surface area contributed by atoms with Crippen LogP contribution in [0, 0.1) is 5.92 Å². The molecule has 2 atom stereocenters. The third-order valence-corrected chi connectivity index (χ3v) is 3.30. The summed E-state index contributed by atoms with van der Waals surface area (Å²) in [5, 5.41) is 8.64. The van der Waals surface area contributed by atoms with Crippen molar-refractivity contribution in [3.05, 3.63) is 0 Å². The Kier molecular flexibility index (Phi) is 3.91. The van der Waals surface area contributed by atoms with Gasteiger partial charge in [-0.1, -0.05) is 12.8 Å². The lowest BCUT2D eigenvalue weighted by Crippen LogP contribution is -2.53. The van der Waals surface area contributed by atoms with Crippen LogP contribution in [0.3, 0.4) is 0 Å². The van der Waals surface area contributed by atoms with Crippen molar-refractivity contribution in [1.82, 2.24) is 4.90 Å². The van der Waals surface area contributed by atoms with Crippen molar-refractivity contribution in [2.45, 2.75) is 38.1 Å². The third-order valence-electron chi connectivity index (χ3n) is 3.30. The Labute approximate surface area is 95.6 Å². The topological polar surface area (TPSA) is 83.6 Å². The molecule has 0 bridgehead atoms. The van der Waals surface area contributed by atoms with Crippen molar-refractivity contribution in [3.8, 4) is 0 Å². The molecule has 5 nitrogen and oxygen atoms in total. The first-order valence-corrected chi connectivity index (χ1v) is 5.60. The molecule has 16 heavy (non-hydrogen) atoms. The number of hydrogen-bond acceptors (Lipinski definition) is 3. The van der Waals surface area contributed by atoms with Crippen LogP contribution in [0.5, 0.6) is 0 Å². The maximum absolute atomic E-state index is 12.0. The molecule has 0 heterocycles. The van der Waals surface area contributed by atoms with E-state index in [2.05, 4.69) is 0 Å². The van der Waals surface area contributed by atoms with Crippen LogP contribution in [0.1, 0.15) is 32.6 Å². The lowest BCUT2D eigenvalue weighted by molar-refractivity contribution is -0.146. The van der Waals surface area contributed by atoms with Crippen LogP contribution in [0.25, 0.3) is 0 Å². The molecule has 92 valence electrons. The largest absolute Gasteiger partial charge is 0.480 e. The number of nitrogens with two attached hydrogens (primary N) is 1. The number of amides is 1. The van der Waals surface area contributed by atoms with Crippen LogP contribution in [0.4, 0.5) is 0 Å². The van der Waals surface area contributed by atoms with Crippen molar-refractivity contribution < 1.29 is 14.7 Å². The number of carbonyl (C=O) groups excluding carboxylic acids is 1. The van der Waals surface area contributed by atoms with E-state index in [1.807, 2.05) is 6.92 Å². The Morgan fingerprint density at radius 1 is 1.50 bits per heavy atom. The van der Waals surface area contributed by atoms with Crippen LogP contribution in [-0.4, -0.2) is 41.0 Å². The predicted octanol–water partition coefficient (Wildman–Crippen LogP) is 0.437. The van der Waals surface area contributed by atoms with Crippen LogP contribution in [-0.2, 0) is 9.59 Å². The minimum Gasteiger partial charge on any atom is -0.480 e. The van der Waals surface area contributed by atoms with E-state index >= 15 is 0 Å². The van der Waals surface area contributed by atoms with E-state index < -0.39 is 11.5 Å². The summed E-state index contributed by atoms with van der Waals surface area (Å²) in [4.78, 5) is 23.8. The molecule has 2 unspecified atom stereocenters. The predicted molar refractivity (Wildman–Crippen MR) is 59.8 cm³/mol. The van der Waals surface area contributed by atoms with Gasteiger partial charge < -0.3 is 15.7 Å². The fourth-order valence-electron chi connectivity index (χ4n) is 2.31. The van der Waals surface area contributed by atoms with E-state index in [-0.39, 0.29) is 18.4 Å². The van der Waals surface area contributed by atoms with E-state index in [0.29, 0.717) is 0 Å². The van der Waals surface area contributed by atoms with E-state index in [0.717, 1.165) is 25.7 Å². The van der Waals surface area contributed by atoms with E-state index in [9.17, 15) is 9.59 Å². The average Bonchev–Trinajstić information content (AvgIpc) is 2.15. The average molecular weight is 228 g/mol. The SMILES string of the molecule is CN(CC(=O)O)C(=O)C1CCCCC1(C)N. The highest BCUT2D eigenvalue weighted by Gasteiger charge is 2.39. The molecule has 1 fully saturated rings. The Balaban J connectivity index is 2.68. The highest BCUT2D eigenvalue weighted by Crippen LogP contribution is 2.32. The van der Waals surface area contributed by atoms with Gasteiger partial charge >= 0.3 is 5.97 Å². The van der Waals surface area contributed by atoms with Crippen LogP contribution < -0.4 is 5.73 Å². The number of carboxylic acid groups (broad SMARTS) is 1. The summed E-state index contributed by atoms with van der Waals surface area (Å²) < 4.78 is 0. The van der Waals surface area contributed by atoms with Gasteiger partial charge in [-0.05, 0) is 19.8 Å². The number of aliphatic carboxylic acids is 1. The molecule has 5 heteroatoms. The van der Waals surface area contributed by atoms with Crippen molar-refractivity contribution in [2.75, 3.05) is 13.6 Å². The maximum atomic E-state index is 12.0. The zero-order valence-corrected chi connectivity index (χ0v) is 9.90. The normalized spacial score (nSPS) is 29.8. The summed E-state index contributed by atoms with van der Waals surface area (Å²) >= 11 is 0. The molecule has 0 aromatic carbocycles. The zero-order valence-electron chi connectivity index (χ0n) is 9.90. The molecular weight excluding hydrogens is 208 g/mol. The molecule has 1 aliphatic carbocycles. The van der Waals surface area contributed by atoms with E-state index in [4.69, 9.17) is 10.8 Å². The van der Waals surface area contributed by atoms with Crippen LogP contribution >= 0.6 is 0 Å². The van der Waals surface area contributed by atoms with Gasteiger partial charge in [0.05, 0.1) is 5.92 Å². The second kappa shape index (κ2) is 4.82. The van der Waals surface area contributed by atoms with E-state index in [1.165, 1.54) is 11.9 Å². The second-order valence-electron chi connectivity index (χ2n) is 4.89. The van der Waals surface area contributed by atoms with Gasteiger partial charge in [0.15, 0.2) is 0 Å². The van der Waals surface area contributed by atoms with Crippen LogP contribution in [0.15, 0.2) is 0 Å². The number of carbonyl (C=O) groups is 2. The second-order valence-corrected chi connectivity index (χ2v) is 4.89. The Hall–Kier alpha value is -1.10. The molecular formula is C11H20N2O3. The van der Waals surface area contributed by atoms with Gasteiger partial charge in [-0.25, -0.2) is 0 Å². The Morgan fingerprint density at radius 3 is 2.62 bits per heavy atom. The smallest absolute Gasteiger partial charge is 0.323 e. The summed E-state index contributed by atoms with van der Waals surface area (Å²) in [6, 6.07) is 0. The van der Waals surface area contributed by atoms with Gasteiger partial charge in [-0.15, -0.1) is 0 Å². The van der Waals surface area contributed by atoms with Gasteiger partial charge in [0.2, 0.25) is 5.91 Å². The zero-order chi connectivity index (χ0) is 12.3. The van der Waals surface area contributed by atoms with Gasteiger partial charge in [-0.2, -0.15) is 0 Å². The number of likely N-dealkylation sites (N-methyl/N-ethyl adjacent to an activating group) is 1. The van der Waals surface area contributed by atoms with Crippen molar-refractivity contribution >= 4 is 11.9 Å². The summed E-state index contributed by atoms with van der Waals surface area (Å²) in [6.07, 6.45) is 3.61. The molecule has 1 amide bonds. The monoisotopic (exact) mass is 228 g/mol. The fraction of sp³-hybridized carbons (Fsp3) is 0.818. The van der Waals surface area contributed by atoms with Gasteiger partial charge in [0.1, 0.15) is 6.54 Å². The molecule has 1 saturated carbocycles. The maximum Gasteiger partial charge on any atom is 0.323 e. The quantitative estimate of drug-likeness (QED) is 0.734. The van der Waals surface area contributed by atoms with Gasteiger partial charge in [0, 0.05) is 12.6 Å². The van der Waals surface area contributed by atoms with Crippen LogP contribution in [0.2, 0.25) is 0 Å². The van der Waals surface area contributed by atoms with E-state index in [1.54, 1.807) is 0 Å². The lowest BCUT2D eigenvalue weighted by Gasteiger charge is -2.38. The summed E-state index contributed by atoms with van der Waals surface area (Å²) in [7, 11) is 1.52. The fourth-order valence-corrected chi connectivity index (χ4v) is 2.31. The summed E-state index contributed by atoms with van der Waals surface area (Å²) in [6.45, 7) is 1.62. The molecule has 1 rings (SSSR count). The number of carboxylic acids is 1. The molecule has 0 aliphatic heterocycles. The first kappa shape index (κ1) is 13.0. The van der Waals surface area contributed by atoms with Crippen molar-refractivity contribution in [1.29, 1.82) is 0 Å². The summed E-state index contributed by atoms with van der Waals surface area (Å²) in [5.41, 5.74) is 5.60. The Bertz CT molecular complexity index is 289. The highest BCUT2D eigenvalue weighted by molar-refractivity contribution is 5.83. The molecule has 0 aromatic heterocycles. The molecule has 3 N–H and O–H groups in total. The van der Waals surface area contributed by atoms with Crippen molar-refractivity contribution in [3.63, 3.8) is 0 Å².